The lowest BCUT2D eigenvalue weighted by Gasteiger charge is -2.41. The molecular weight excluding hydrogens is 220 g/mol. The van der Waals surface area contributed by atoms with Gasteiger partial charge in [0.2, 0.25) is 0 Å². The van der Waals surface area contributed by atoms with Crippen molar-refractivity contribution in [3.8, 4) is 0 Å². The molecule has 3 atom stereocenters. The van der Waals surface area contributed by atoms with Crippen LogP contribution in [-0.4, -0.2) is 37.1 Å². The summed E-state index contributed by atoms with van der Waals surface area (Å²) in [5.41, 5.74) is 0. The summed E-state index contributed by atoms with van der Waals surface area (Å²) in [7, 11) is 2.25. The molecular formula is C16H32N2. The predicted molar refractivity (Wildman–Crippen MR) is 78.8 cm³/mol. The smallest absolute Gasteiger partial charge is 0.0103 e. The molecule has 2 aliphatic rings. The molecule has 1 aliphatic carbocycles. The number of hydrogen-bond acceptors (Lipinski definition) is 2. The third-order valence-electron chi connectivity index (χ3n) is 5.19. The van der Waals surface area contributed by atoms with Crippen LogP contribution in [0.1, 0.15) is 52.9 Å². The first-order valence-corrected chi connectivity index (χ1v) is 8.01. The van der Waals surface area contributed by atoms with Gasteiger partial charge in [-0.05, 0) is 63.6 Å². The highest BCUT2D eigenvalue weighted by Gasteiger charge is 2.32. The predicted octanol–water partition coefficient (Wildman–Crippen LogP) is 3.13. The van der Waals surface area contributed by atoms with Gasteiger partial charge in [0.05, 0.1) is 0 Å². The van der Waals surface area contributed by atoms with Crippen molar-refractivity contribution in [2.75, 3.05) is 20.1 Å². The second kappa shape index (κ2) is 6.38. The second-order valence-corrected chi connectivity index (χ2v) is 7.18. The van der Waals surface area contributed by atoms with E-state index in [9.17, 15) is 0 Å². The van der Waals surface area contributed by atoms with Gasteiger partial charge in [0, 0.05) is 12.1 Å². The molecule has 0 spiro atoms. The van der Waals surface area contributed by atoms with Crippen molar-refractivity contribution in [3.63, 3.8) is 0 Å². The Labute approximate surface area is 114 Å². The van der Waals surface area contributed by atoms with Crippen LogP contribution in [0, 0.1) is 17.8 Å². The third-order valence-corrected chi connectivity index (χ3v) is 5.19. The van der Waals surface area contributed by atoms with Gasteiger partial charge in [0.25, 0.3) is 0 Å². The molecule has 1 heterocycles. The first-order valence-electron chi connectivity index (χ1n) is 8.01. The Hall–Kier alpha value is -0.0800. The summed E-state index contributed by atoms with van der Waals surface area (Å²) < 4.78 is 0. The monoisotopic (exact) mass is 252 g/mol. The zero-order valence-electron chi connectivity index (χ0n) is 12.8. The van der Waals surface area contributed by atoms with Gasteiger partial charge in [0.1, 0.15) is 0 Å². The normalized spacial score (nSPS) is 36.2. The van der Waals surface area contributed by atoms with Crippen molar-refractivity contribution in [1.29, 1.82) is 0 Å². The Bertz CT molecular complexity index is 243. The molecule has 0 aromatic rings. The molecule has 0 amide bonds. The summed E-state index contributed by atoms with van der Waals surface area (Å²) in [5.74, 6) is 2.66. The zero-order valence-corrected chi connectivity index (χ0v) is 12.8. The first kappa shape index (κ1) is 14.3. The lowest BCUT2D eigenvalue weighted by molar-refractivity contribution is 0.139. The van der Waals surface area contributed by atoms with Crippen LogP contribution in [0.4, 0.5) is 0 Å². The summed E-state index contributed by atoms with van der Waals surface area (Å²) in [4.78, 5) is 2.46. The molecule has 106 valence electrons. The summed E-state index contributed by atoms with van der Waals surface area (Å²) >= 11 is 0. The van der Waals surface area contributed by atoms with Gasteiger partial charge in [0.15, 0.2) is 0 Å². The average molecular weight is 252 g/mol. The van der Waals surface area contributed by atoms with Crippen molar-refractivity contribution in [3.05, 3.63) is 0 Å². The molecule has 2 fully saturated rings. The van der Waals surface area contributed by atoms with Crippen LogP contribution < -0.4 is 5.32 Å². The summed E-state index contributed by atoms with van der Waals surface area (Å²) in [6.07, 6.45) is 6.95. The van der Waals surface area contributed by atoms with Crippen molar-refractivity contribution in [2.45, 2.75) is 65.0 Å². The third kappa shape index (κ3) is 3.71. The maximum Gasteiger partial charge on any atom is 0.0103 e. The minimum absolute atomic E-state index is 0.776. The Kier molecular flexibility index (Phi) is 5.08. The molecule has 18 heavy (non-hydrogen) atoms. The molecule has 0 aromatic carbocycles. The topological polar surface area (TPSA) is 15.3 Å². The number of likely N-dealkylation sites (tertiary alicyclic amines) is 1. The zero-order chi connectivity index (χ0) is 13.1. The van der Waals surface area contributed by atoms with Gasteiger partial charge >= 0.3 is 0 Å². The van der Waals surface area contributed by atoms with Crippen LogP contribution in [0.15, 0.2) is 0 Å². The highest BCUT2D eigenvalue weighted by molar-refractivity contribution is 4.89. The lowest BCUT2D eigenvalue weighted by Crippen LogP contribution is -2.50. The van der Waals surface area contributed by atoms with Crippen LogP contribution in [0.25, 0.3) is 0 Å². The largest absolute Gasteiger partial charge is 0.311 e. The highest BCUT2D eigenvalue weighted by atomic mass is 15.1. The fourth-order valence-corrected chi connectivity index (χ4v) is 3.87. The van der Waals surface area contributed by atoms with Crippen LogP contribution >= 0.6 is 0 Å². The van der Waals surface area contributed by atoms with Gasteiger partial charge in [-0.3, -0.25) is 0 Å². The number of rotatable bonds is 3. The van der Waals surface area contributed by atoms with Gasteiger partial charge < -0.3 is 10.2 Å². The van der Waals surface area contributed by atoms with Gasteiger partial charge in [-0.15, -0.1) is 0 Å². The van der Waals surface area contributed by atoms with Crippen molar-refractivity contribution >= 4 is 0 Å². The summed E-state index contributed by atoms with van der Waals surface area (Å²) in [5, 5.41) is 4.01. The Morgan fingerprint density at radius 3 is 2.33 bits per heavy atom. The van der Waals surface area contributed by atoms with E-state index in [1.807, 2.05) is 0 Å². The fourth-order valence-electron chi connectivity index (χ4n) is 3.87. The van der Waals surface area contributed by atoms with Crippen molar-refractivity contribution < 1.29 is 0 Å². The Morgan fingerprint density at radius 1 is 1.06 bits per heavy atom. The van der Waals surface area contributed by atoms with E-state index in [-0.39, 0.29) is 0 Å². The standard InChI is InChI=1S/C16H32N2/c1-12(2)15-6-5-13(3)11-16(15)17-14-7-9-18(4)10-8-14/h12-17H,5-11H2,1-4H3/t13-,15-,16+/m1/s1. The summed E-state index contributed by atoms with van der Waals surface area (Å²) in [6.45, 7) is 9.78. The molecule has 1 aliphatic heterocycles. The summed E-state index contributed by atoms with van der Waals surface area (Å²) in [6, 6.07) is 1.56. The SMILES string of the molecule is CC(C)[C@H]1CC[C@@H](C)C[C@@H]1NC1CCN(C)CC1. The van der Waals surface area contributed by atoms with Gasteiger partial charge in [-0.1, -0.05) is 27.2 Å². The van der Waals surface area contributed by atoms with E-state index in [1.165, 1.54) is 45.2 Å². The number of nitrogens with zero attached hydrogens (tertiary/aromatic N) is 1. The van der Waals surface area contributed by atoms with E-state index in [0.717, 1.165) is 29.8 Å². The van der Waals surface area contributed by atoms with Crippen LogP contribution in [0.5, 0.6) is 0 Å². The Balaban J connectivity index is 1.88. The second-order valence-electron chi connectivity index (χ2n) is 7.18. The lowest BCUT2D eigenvalue weighted by atomic mass is 9.73. The number of hydrogen-bond donors (Lipinski definition) is 1. The van der Waals surface area contributed by atoms with E-state index in [0.29, 0.717) is 0 Å². The first-order chi connectivity index (χ1) is 8.56. The fraction of sp³-hybridized carbons (Fsp3) is 1.00. The molecule has 0 aromatic heterocycles. The number of piperidine rings is 1. The molecule has 2 nitrogen and oxygen atoms in total. The molecule has 1 saturated heterocycles. The van der Waals surface area contributed by atoms with Gasteiger partial charge in [-0.2, -0.15) is 0 Å². The highest BCUT2D eigenvalue weighted by Crippen LogP contribution is 2.34. The quantitative estimate of drug-likeness (QED) is 0.830. The molecule has 2 heteroatoms. The van der Waals surface area contributed by atoms with Gasteiger partial charge in [-0.25, -0.2) is 0 Å². The van der Waals surface area contributed by atoms with E-state index >= 15 is 0 Å². The van der Waals surface area contributed by atoms with E-state index in [4.69, 9.17) is 0 Å². The molecule has 1 N–H and O–H groups in total. The van der Waals surface area contributed by atoms with Crippen molar-refractivity contribution in [2.24, 2.45) is 17.8 Å². The van der Waals surface area contributed by atoms with Crippen LogP contribution in [0.2, 0.25) is 0 Å². The number of nitrogens with one attached hydrogen (secondary N) is 1. The van der Waals surface area contributed by atoms with Crippen LogP contribution in [0.3, 0.4) is 0 Å². The molecule has 0 radical (unpaired) electrons. The maximum atomic E-state index is 4.01. The molecule has 1 saturated carbocycles. The Morgan fingerprint density at radius 2 is 1.72 bits per heavy atom. The maximum absolute atomic E-state index is 4.01. The van der Waals surface area contributed by atoms with E-state index in [1.54, 1.807) is 0 Å². The van der Waals surface area contributed by atoms with E-state index in [2.05, 4.69) is 38.0 Å². The molecule has 0 bridgehead atoms. The molecule has 0 unspecified atom stereocenters. The molecule has 2 rings (SSSR count). The average Bonchev–Trinajstić information content (AvgIpc) is 2.32. The van der Waals surface area contributed by atoms with Crippen LogP contribution in [-0.2, 0) is 0 Å². The minimum Gasteiger partial charge on any atom is -0.311 e. The minimum atomic E-state index is 0.776. The van der Waals surface area contributed by atoms with E-state index < -0.39 is 0 Å². The van der Waals surface area contributed by atoms with Crippen molar-refractivity contribution in [1.82, 2.24) is 10.2 Å².